The van der Waals surface area contributed by atoms with Crippen molar-refractivity contribution in [3.8, 4) is 11.1 Å². The zero-order chi connectivity index (χ0) is 11.7. The van der Waals surface area contributed by atoms with Gasteiger partial charge in [-0.15, -0.1) is 0 Å². The third-order valence-corrected chi connectivity index (χ3v) is 3.18. The van der Waals surface area contributed by atoms with E-state index in [2.05, 4.69) is 64.1 Å². The molecule has 2 aliphatic rings. The summed E-state index contributed by atoms with van der Waals surface area (Å²) < 4.78 is 0. The maximum Gasteiger partial charge on any atom is -0.0146 e. The zero-order valence-electron chi connectivity index (χ0n) is 10.6. The number of rotatable bonds is 2. The van der Waals surface area contributed by atoms with Crippen LogP contribution >= 0.6 is 0 Å². The lowest BCUT2D eigenvalue weighted by Gasteiger charge is -2.12. The van der Waals surface area contributed by atoms with E-state index in [0.29, 0.717) is 11.8 Å². The van der Waals surface area contributed by atoms with Crippen LogP contribution in [0.1, 0.15) is 50.7 Å². The molecule has 0 fully saturated rings. The summed E-state index contributed by atoms with van der Waals surface area (Å²) in [5.74, 6) is 1.20. The topological polar surface area (TPSA) is 0 Å². The Morgan fingerprint density at radius 1 is 0.812 bits per heavy atom. The highest BCUT2D eigenvalue weighted by molar-refractivity contribution is 5.74. The summed E-state index contributed by atoms with van der Waals surface area (Å²) in [4.78, 5) is 0. The Balaban J connectivity index is 2.71. The van der Waals surface area contributed by atoms with Crippen LogP contribution in [0, 0.1) is 0 Å². The van der Waals surface area contributed by atoms with E-state index in [1.165, 1.54) is 22.3 Å². The minimum Gasteiger partial charge on any atom is -0.0622 e. The van der Waals surface area contributed by atoms with E-state index in [-0.39, 0.29) is 0 Å². The predicted octanol–water partition coefficient (Wildman–Crippen LogP) is 5.04. The van der Waals surface area contributed by atoms with Gasteiger partial charge in [0.05, 0.1) is 0 Å². The van der Waals surface area contributed by atoms with Crippen molar-refractivity contribution in [2.45, 2.75) is 39.5 Å². The van der Waals surface area contributed by atoms with Crippen molar-refractivity contribution < 1.29 is 0 Å². The lowest BCUT2D eigenvalue weighted by Crippen LogP contribution is -1.94. The molecule has 16 heavy (non-hydrogen) atoms. The summed E-state index contributed by atoms with van der Waals surface area (Å²) in [5, 5.41) is 0. The van der Waals surface area contributed by atoms with Crippen LogP contribution < -0.4 is 0 Å². The lowest BCUT2D eigenvalue weighted by atomic mass is 9.93. The first-order valence-corrected chi connectivity index (χ1v) is 6.12. The van der Waals surface area contributed by atoms with Crippen molar-refractivity contribution in [2.75, 3.05) is 0 Å². The van der Waals surface area contributed by atoms with Gasteiger partial charge in [0.2, 0.25) is 0 Å². The van der Waals surface area contributed by atoms with Crippen molar-refractivity contribution in [3.63, 3.8) is 0 Å². The van der Waals surface area contributed by atoms with Gasteiger partial charge in [-0.1, -0.05) is 64.1 Å². The van der Waals surface area contributed by atoms with Gasteiger partial charge in [-0.05, 0) is 34.1 Å². The Hall–Kier alpha value is -1.30. The van der Waals surface area contributed by atoms with Gasteiger partial charge < -0.3 is 0 Å². The Bertz CT molecular complexity index is 452. The molecule has 0 unspecified atom stereocenters. The van der Waals surface area contributed by atoms with Crippen molar-refractivity contribution in [2.24, 2.45) is 0 Å². The van der Waals surface area contributed by atoms with Crippen LogP contribution in [0.4, 0.5) is 0 Å². The largest absolute Gasteiger partial charge is 0.0622 e. The Morgan fingerprint density at radius 2 is 1.50 bits per heavy atom. The first kappa shape index (κ1) is 11.2. The lowest BCUT2D eigenvalue weighted by molar-refractivity contribution is 0.800. The van der Waals surface area contributed by atoms with Crippen LogP contribution in [0.5, 0.6) is 0 Å². The zero-order valence-corrected chi connectivity index (χ0v) is 10.6. The molecule has 0 saturated carbocycles. The van der Waals surface area contributed by atoms with Crippen LogP contribution in [0.25, 0.3) is 11.1 Å². The molecule has 2 rings (SSSR count). The van der Waals surface area contributed by atoms with E-state index in [0.717, 1.165) is 0 Å². The molecule has 0 radical (unpaired) electrons. The molecule has 2 aliphatic carbocycles. The van der Waals surface area contributed by atoms with Crippen molar-refractivity contribution in [1.29, 1.82) is 0 Å². The van der Waals surface area contributed by atoms with E-state index < -0.39 is 0 Å². The molecule has 0 heterocycles. The fourth-order valence-electron chi connectivity index (χ4n) is 2.46. The van der Waals surface area contributed by atoms with Gasteiger partial charge in [-0.3, -0.25) is 0 Å². The molecule has 0 atom stereocenters. The summed E-state index contributed by atoms with van der Waals surface area (Å²) in [5.41, 5.74) is 5.83. The molecule has 84 valence electrons. The van der Waals surface area contributed by atoms with Gasteiger partial charge in [0.1, 0.15) is 0 Å². The quantitative estimate of drug-likeness (QED) is 0.654. The van der Waals surface area contributed by atoms with Crippen LogP contribution in [0.15, 0.2) is 36.4 Å². The molecule has 0 aromatic carbocycles. The molecule has 0 aromatic heterocycles. The van der Waals surface area contributed by atoms with Crippen molar-refractivity contribution in [1.82, 2.24) is 0 Å². The Morgan fingerprint density at radius 3 is 2.12 bits per heavy atom. The normalized spacial score (nSPS) is 11.6. The molecule has 0 nitrogen and oxygen atoms in total. The maximum atomic E-state index is 2.36. The highest BCUT2D eigenvalue weighted by atomic mass is 14.2. The fraction of sp³-hybridized carbons (Fsp3) is 0.375. The summed E-state index contributed by atoms with van der Waals surface area (Å²) in [7, 11) is 0. The summed E-state index contributed by atoms with van der Waals surface area (Å²) in [6.45, 7) is 9.13. The second kappa shape index (κ2) is 4.29. The summed E-state index contributed by atoms with van der Waals surface area (Å²) in [6.07, 6.45) is 0. The molecule has 0 aromatic rings. The standard InChI is InChI=1S/C16H20/c1-11(2)15-10-13-8-6-5-7-9-14(13)16(15)12(3)4/h5-12H,1-4H3. The van der Waals surface area contributed by atoms with Gasteiger partial charge in [-0.25, -0.2) is 0 Å². The Labute approximate surface area is 98.7 Å². The molecular formula is C16H20. The monoisotopic (exact) mass is 212 g/mol. The number of hydrogen-bond donors (Lipinski definition) is 0. The van der Waals surface area contributed by atoms with E-state index in [9.17, 15) is 0 Å². The second-order valence-electron chi connectivity index (χ2n) is 5.10. The summed E-state index contributed by atoms with van der Waals surface area (Å²) >= 11 is 0. The number of fused-ring (bicyclic) bond motifs is 1. The van der Waals surface area contributed by atoms with Gasteiger partial charge in [0.15, 0.2) is 0 Å². The predicted molar refractivity (Wildman–Crippen MR) is 71.2 cm³/mol. The average molecular weight is 212 g/mol. The third kappa shape index (κ3) is 1.84. The van der Waals surface area contributed by atoms with Gasteiger partial charge in [0.25, 0.3) is 0 Å². The SMILES string of the molecule is CC(C)c1cc2cccccc-2c1C(C)C. The highest BCUT2D eigenvalue weighted by Crippen LogP contribution is 2.39. The molecule has 0 spiro atoms. The van der Waals surface area contributed by atoms with E-state index >= 15 is 0 Å². The van der Waals surface area contributed by atoms with E-state index in [1.807, 2.05) is 0 Å². The minimum absolute atomic E-state index is 0.595. The molecule has 0 bridgehead atoms. The maximum absolute atomic E-state index is 2.36. The van der Waals surface area contributed by atoms with Gasteiger partial charge in [0, 0.05) is 0 Å². The van der Waals surface area contributed by atoms with Crippen LogP contribution in [-0.4, -0.2) is 0 Å². The molecule has 0 saturated heterocycles. The molecule has 0 N–H and O–H groups in total. The molecule has 0 heteroatoms. The molecule has 0 amide bonds. The smallest absolute Gasteiger partial charge is 0.0146 e. The van der Waals surface area contributed by atoms with E-state index in [1.54, 1.807) is 0 Å². The van der Waals surface area contributed by atoms with Crippen LogP contribution in [0.3, 0.4) is 0 Å². The summed E-state index contributed by atoms with van der Waals surface area (Å²) in [6, 6.07) is 13.2. The first-order chi connectivity index (χ1) is 7.61. The second-order valence-corrected chi connectivity index (χ2v) is 5.10. The molecule has 0 aliphatic heterocycles. The number of hydrogen-bond acceptors (Lipinski definition) is 0. The van der Waals surface area contributed by atoms with Crippen LogP contribution in [-0.2, 0) is 0 Å². The van der Waals surface area contributed by atoms with Gasteiger partial charge >= 0.3 is 0 Å². The minimum atomic E-state index is 0.595. The molecular weight excluding hydrogens is 192 g/mol. The van der Waals surface area contributed by atoms with E-state index in [4.69, 9.17) is 0 Å². The van der Waals surface area contributed by atoms with Crippen molar-refractivity contribution in [3.05, 3.63) is 47.5 Å². The van der Waals surface area contributed by atoms with Crippen LogP contribution in [0.2, 0.25) is 0 Å². The Kier molecular flexibility index (Phi) is 3.00. The highest BCUT2D eigenvalue weighted by Gasteiger charge is 2.18. The fourth-order valence-corrected chi connectivity index (χ4v) is 2.46. The van der Waals surface area contributed by atoms with Gasteiger partial charge in [-0.2, -0.15) is 0 Å². The third-order valence-electron chi connectivity index (χ3n) is 3.18. The average Bonchev–Trinajstić information content (AvgIpc) is 2.43. The first-order valence-electron chi connectivity index (χ1n) is 6.12. The van der Waals surface area contributed by atoms with Crippen molar-refractivity contribution >= 4 is 0 Å².